The molecule has 0 saturated heterocycles. The summed E-state index contributed by atoms with van der Waals surface area (Å²) in [5, 5.41) is 3.29. The number of hydrogen-bond donors (Lipinski definition) is 0. The summed E-state index contributed by atoms with van der Waals surface area (Å²) in [5.74, 6) is 0. The molecule has 3 heteroatoms. The second kappa shape index (κ2) is 11.2. The molecule has 0 atom stereocenters. The van der Waals surface area contributed by atoms with Crippen LogP contribution >= 0.6 is 27.3 Å². The van der Waals surface area contributed by atoms with Crippen LogP contribution in [0.5, 0.6) is 0 Å². The summed E-state index contributed by atoms with van der Waals surface area (Å²) < 4.78 is 5.62. The molecule has 1 nitrogen and oxygen atoms in total. The zero-order chi connectivity index (χ0) is 12.2. The molecule has 1 aromatic rings. The number of unbranched alkanes of at least 4 members (excludes halogenated alkanes) is 4. The molecule has 0 bridgehead atoms. The van der Waals surface area contributed by atoms with E-state index in [1.165, 1.54) is 49.8 Å². The fourth-order valence-corrected chi connectivity index (χ4v) is 2.86. The summed E-state index contributed by atoms with van der Waals surface area (Å²) >= 11 is 5.30. The molecule has 0 fully saturated rings. The van der Waals surface area contributed by atoms with Crippen LogP contribution in [0.25, 0.3) is 0 Å². The van der Waals surface area contributed by atoms with E-state index in [0.29, 0.717) is 0 Å². The lowest BCUT2D eigenvalue weighted by Gasteiger charge is -2.03. The smallest absolute Gasteiger partial charge is 0.0466 e. The Kier molecular flexibility index (Phi) is 10.1. The third-order valence-corrected chi connectivity index (χ3v) is 4.21. The van der Waals surface area contributed by atoms with Gasteiger partial charge in [0, 0.05) is 23.4 Å². The summed E-state index contributed by atoms with van der Waals surface area (Å²) in [7, 11) is 0. The summed E-state index contributed by atoms with van der Waals surface area (Å²) in [4.78, 5) is 1.50. The van der Waals surface area contributed by atoms with E-state index < -0.39 is 0 Å². The predicted molar refractivity (Wildman–Crippen MR) is 80.3 cm³/mol. The lowest BCUT2D eigenvalue weighted by molar-refractivity contribution is 0.126. The highest BCUT2D eigenvalue weighted by Gasteiger charge is 1.95. The molecule has 0 aliphatic rings. The van der Waals surface area contributed by atoms with Crippen LogP contribution in [-0.2, 0) is 11.2 Å². The topological polar surface area (TPSA) is 9.23 Å². The molecule has 98 valence electrons. The molecule has 0 saturated carbocycles. The van der Waals surface area contributed by atoms with Gasteiger partial charge in [-0.1, -0.05) is 34.8 Å². The van der Waals surface area contributed by atoms with E-state index in [2.05, 4.69) is 33.4 Å². The van der Waals surface area contributed by atoms with Gasteiger partial charge < -0.3 is 4.74 Å². The Morgan fingerprint density at radius 1 is 1.00 bits per heavy atom. The number of halogens is 1. The van der Waals surface area contributed by atoms with Gasteiger partial charge in [0.2, 0.25) is 0 Å². The van der Waals surface area contributed by atoms with E-state index in [-0.39, 0.29) is 0 Å². The van der Waals surface area contributed by atoms with Crippen molar-refractivity contribution >= 4 is 27.3 Å². The van der Waals surface area contributed by atoms with Crippen molar-refractivity contribution in [2.75, 3.05) is 18.5 Å². The first-order valence-electron chi connectivity index (χ1n) is 6.59. The molecule has 0 radical (unpaired) electrons. The molecule has 0 N–H and O–H groups in total. The number of thiophene rings is 1. The maximum absolute atomic E-state index is 5.62. The Morgan fingerprint density at radius 3 is 2.47 bits per heavy atom. The van der Waals surface area contributed by atoms with E-state index >= 15 is 0 Å². The maximum atomic E-state index is 5.62. The Hall–Kier alpha value is 0.140. The van der Waals surface area contributed by atoms with Crippen LogP contribution in [0.15, 0.2) is 17.5 Å². The third-order valence-electron chi connectivity index (χ3n) is 2.71. The second-order valence-electron chi connectivity index (χ2n) is 4.25. The van der Waals surface area contributed by atoms with Gasteiger partial charge >= 0.3 is 0 Å². The highest BCUT2D eigenvalue weighted by Crippen LogP contribution is 2.11. The fourth-order valence-electron chi connectivity index (χ4n) is 1.71. The van der Waals surface area contributed by atoms with Gasteiger partial charge in [-0.05, 0) is 43.6 Å². The minimum absolute atomic E-state index is 0.934. The molecule has 0 aliphatic heterocycles. The molecule has 1 rings (SSSR count). The molecule has 1 aromatic heterocycles. The van der Waals surface area contributed by atoms with Crippen LogP contribution in [0.2, 0.25) is 0 Å². The van der Waals surface area contributed by atoms with Crippen LogP contribution in [0.1, 0.15) is 43.4 Å². The lowest BCUT2D eigenvalue weighted by atomic mass is 10.2. The molecule has 0 spiro atoms. The van der Waals surface area contributed by atoms with Crippen molar-refractivity contribution in [3.05, 3.63) is 22.4 Å². The lowest BCUT2D eigenvalue weighted by Crippen LogP contribution is -1.97. The van der Waals surface area contributed by atoms with Crippen LogP contribution in [0.3, 0.4) is 0 Å². The highest BCUT2D eigenvalue weighted by atomic mass is 79.9. The van der Waals surface area contributed by atoms with E-state index in [0.717, 1.165) is 18.5 Å². The number of aryl methyl sites for hydroxylation is 1. The predicted octanol–water partition coefficient (Wildman–Crippen LogP) is 5.04. The van der Waals surface area contributed by atoms with Gasteiger partial charge in [0.25, 0.3) is 0 Å². The molecular formula is C14H23BrOS. The van der Waals surface area contributed by atoms with Gasteiger partial charge in [0.05, 0.1) is 0 Å². The van der Waals surface area contributed by atoms with Gasteiger partial charge in [-0.15, -0.1) is 11.3 Å². The molecular weight excluding hydrogens is 296 g/mol. The first kappa shape index (κ1) is 15.2. The Labute approximate surface area is 118 Å². The summed E-state index contributed by atoms with van der Waals surface area (Å²) in [6, 6.07) is 4.35. The zero-order valence-electron chi connectivity index (χ0n) is 10.5. The summed E-state index contributed by atoms with van der Waals surface area (Å²) in [6.07, 6.45) is 8.81. The van der Waals surface area contributed by atoms with Gasteiger partial charge in [-0.2, -0.15) is 0 Å². The zero-order valence-corrected chi connectivity index (χ0v) is 12.9. The fraction of sp³-hybridized carbons (Fsp3) is 0.714. The van der Waals surface area contributed by atoms with Crippen molar-refractivity contribution in [2.24, 2.45) is 0 Å². The Morgan fingerprint density at radius 2 is 1.76 bits per heavy atom. The number of rotatable bonds is 11. The van der Waals surface area contributed by atoms with Crippen LogP contribution in [-0.4, -0.2) is 18.5 Å². The van der Waals surface area contributed by atoms with E-state index in [9.17, 15) is 0 Å². The largest absolute Gasteiger partial charge is 0.381 e. The van der Waals surface area contributed by atoms with Gasteiger partial charge in [0.15, 0.2) is 0 Å². The first-order chi connectivity index (χ1) is 8.43. The first-order valence-corrected chi connectivity index (χ1v) is 8.59. The van der Waals surface area contributed by atoms with Crippen LogP contribution in [0.4, 0.5) is 0 Å². The van der Waals surface area contributed by atoms with E-state index in [4.69, 9.17) is 4.74 Å². The van der Waals surface area contributed by atoms with E-state index in [1.807, 2.05) is 11.3 Å². The minimum Gasteiger partial charge on any atom is -0.381 e. The molecule has 0 aliphatic carbocycles. The van der Waals surface area contributed by atoms with Crippen LogP contribution in [0, 0.1) is 0 Å². The highest BCUT2D eigenvalue weighted by molar-refractivity contribution is 9.09. The summed E-state index contributed by atoms with van der Waals surface area (Å²) in [6.45, 7) is 1.88. The standard InChI is InChI=1S/C14H23BrOS/c15-10-4-1-2-5-11-16-12-6-3-8-14-9-7-13-17-14/h7,9,13H,1-6,8,10-12H2. The van der Waals surface area contributed by atoms with Gasteiger partial charge in [-0.3, -0.25) is 0 Å². The summed E-state index contributed by atoms with van der Waals surface area (Å²) in [5.41, 5.74) is 0. The Bertz CT molecular complexity index is 249. The number of alkyl halides is 1. The van der Waals surface area contributed by atoms with Crippen molar-refractivity contribution in [2.45, 2.75) is 44.9 Å². The monoisotopic (exact) mass is 318 g/mol. The second-order valence-corrected chi connectivity index (χ2v) is 6.08. The Balaban J connectivity index is 1.76. The maximum Gasteiger partial charge on any atom is 0.0466 e. The third kappa shape index (κ3) is 8.81. The van der Waals surface area contributed by atoms with Crippen molar-refractivity contribution in [3.8, 4) is 0 Å². The molecule has 0 unspecified atom stereocenters. The van der Waals surface area contributed by atoms with Crippen molar-refractivity contribution in [1.82, 2.24) is 0 Å². The van der Waals surface area contributed by atoms with E-state index in [1.54, 1.807) is 0 Å². The number of hydrogen-bond acceptors (Lipinski definition) is 2. The van der Waals surface area contributed by atoms with Gasteiger partial charge in [0.1, 0.15) is 0 Å². The van der Waals surface area contributed by atoms with Crippen molar-refractivity contribution in [1.29, 1.82) is 0 Å². The molecule has 0 aromatic carbocycles. The van der Waals surface area contributed by atoms with Gasteiger partial charge in [-0.25, -0.2) is 0 Å². The van der Waals surface area contributed by atoms with Crippen LogP contribution < -0.4 is 0 Å². The average Bonchev–Trinajstić information content (AvgIpc) is 2.85. The average molecular weight is 319 g/mol. The minimum atomic E-state index is 0.934. The quantitative estimate of drug-likeness (QED) is 0.410. The normalized spacial score (nSPS) is 10.9. The molecule has 0 amide bonds. The molecule has 17 heavy (non-hydrogen) atoms. The van der Waals surface area contributed by atoms with Crippen molar-refractivity contribution < 1.29 is 4.74 Å². The van der Waals surface area contributed by atoms with Crippen molar-refractivity contribution in [3.63, 3.8) is 0 Å². The number of ether oxygens (including phenoxy) is 1. The SMILES string of the molecule is BrCCCCCCOCCCCc1cccs1. The molecule has 1 heterocycles.